The number of pyridine rings is 1. The number of H-pyrrole nitrogens is 1. The third kappa shape index (κ3) is 3.50. The molecular formula is C20H13F3N4O3. The number of carbonyl (C=O) groups excluding carboxylic acids is 1. The average molecular weight is 414 g/mol. The van der Waals surface area contributed by atoms with E-state index in [1.807, 2.05) is 0 Å². The van der Waals surface area contributed by atoms with Crippen LogP contribution in [0.3, 0.4) is 0 Å². The van der Waals surface area contributed by atoms with Crippen LogP contribution in [0.1, 0.15) is 15.9 Å². The maximum Gasteiger partial charge on any atom is 0.266 e. The number of aromatic hydroxyl groups is 1. The highest BCUT2D eigenvalue weighted by Crippen LogP contribution is 2.26. The van der Waals surface area contributed by atoms with Crippen LogP contribution in [-0.2, 0) is 6.54 Å². The number of benzene rings is 2. The molecular weight excluding hydrogens is 401 g/mol. The van der Waals surface area contributed by atoms with Crippen LogP contribution in [0.4, 0.5) is 13.2 Å². The summed E-state index contributed by atoms with van der Waals surface area (Å²) in [6.07, 6.45) is 1.24. The minimum atomic E-state index is -0.935. The number of nitrogens with zero attached hydrogens (tertiary/aromatic N) is 2. The first kappa shape index (κ1) is 19.2. The number of hydrogen-bond donors (Lipinski definition) is 3. The monoisotopic (exact) mass is 414 g/mol. The fourth-order valence-electron chi connectivity index (χ4n) is 3.03. The molecule has 0 unspecified atom stereocenters. The van der Waals surface area contributed by atoms with Gasteiger partial charge in [-0.3, -0.25) is 9.59 Å². The number of halogens is 3. The van der Waals surface area contributed by atoms with Crippen molar-refractivity contribution in [1.82, 2.24) is 20.1 Å². The normalized spacial score (nSPS) is 11.0. The first-order chi connectivity index (χ1) is 14.3. The van der Waals surface area contributed by atoms with E-state index in [1.165, 1.54) is 35.1 Å². The van der Waals surface area contributed by atoms with Crippen LogP contribution in [-0.4, -0.2) is 25.8 Å². The molecule has 7 nitrogen and oxygen atoms in total. The largest absolute Gasteiger partial charge is 0.506 e. The Hall–Kier alpha value is -4.08. The first-order valence-corrected chi connectivity index (χ1v) is 8.65. The standard InChI is InChI=1S/C20H13F3N4O3/c21-11-1-3-14(4-2-11)27-18-15(9-25-27)17(28)16(20(30)26-18)19(29)24-8-10-5-12(22)7-13(23)6-10/h1-7,9H,8H2,(H,24,29)(H2,26,28,30). The predicted molar refractivity (Wildman–Crippen MR) is 101 cm³/mol. The van der Waals surface area contributed by atoms with Gasteiger partial charge in [0.25, 0.3) is 11.5 Å². The van der Waals surface area contributed by atoms with Crippen molar-refractivity contribution in [2.45, 2.75) is 6.54 Å². The number of amides is 1. The molecule has 0 aliphatic heterocycles. The van der Waals surface area contributed by atoms with Gasteiger partial charge in [0.1, 0.15) is 34.4 Å². The summed E-state index contributed by atoms with van der Waals surface area (Å²) in [4.78, 5) is 27.4. The van der Waals surface area contributed by atoms with Gasteiger partial charge in [0.15, 0.2) is 0 Å². The van der Waals surface area contributed by atoms with Crippen molar-refractivity contribution in [3.63, 3.8) is 0 Å². The van der Waals surface area contributed by atoms with E-state index >= 15 is 0 Å². The summed E-state index contributed by atoms with van der Waals surface area (Å²) < 4.78 is 40.9. The van der Waals surface area contributed by atoms with Crippen LogP contribution in [0.2, 0.25) is 0 Å². The lowest BCUT2D eigenvalue weighted by atomic mass is 10.1. The van der Waals surface area contributed by atoms with Crippen LogP contribution in [0.5, 0.6) is 5.75 Å². The molecule has 4 aromatic rings. The van der Waals surface area contributed by atoms with E-state index in [4.69, 9.17) is 0 Å². The Labute approximate surface area is 166 Å². The van der Waals surface area contributed by atoms with Gasteiger partial charge in [-0.05, 0) is 42.0 Å². The van der Waals surface area contributed by atoms with Gasteiger partial charge in [0.05, 0.1) is 17.3 Å². The second kappa shape index (κ2) is 7.39. The Bertz CT molecular complexity index is 1310. The summed E-state index contributed by atoms with van der Waals surface area (Å²) in [5, 5.41) is 17.0. The Balaban J connectivity index is 1.67. The second-order valence-corrected chi connectivity index (χ2v) is 6.43. The maximum absolute atomic E-state index is 13.3. The molecule has 3 N–H and O–H groups in total. The lowest BCUT2D eigenvalue weighted by molar-refractivity contribution is 0.0946. The molecule has 0 saturated carbocycles. The third-order valence-corrected chi connectivity index (χ3v) is 4.39. The zero-order valence-corrected chi connectivity index (χ0v) is 15.1. The van der Waals surface area contributed by atoms with E-state index in [9.17, 15) is 27.9 Å². The van der Waals surface area contributed by atoms with Gasteiger partial charge in [0, 0.05) is 12.6 Å². The predicted octanol–water partition coefficient (Wildman–Crippen LogP) is 2.77. The summed E-state index contributed by atoms with van der Waals surface area (Å²) >= 11 is 0. The van der Waals surface area contributed by atoms with Crippen molar-refractivity contribution >= 4 is 16.9 Å². The number of aromatic nitrogens is 3. The molecule has 0 atom stereocenters. The summed E-state index contributed by atoms with van der Waals surface area (Å²) in [5.74, 6) is -3.62. The van der Waals surface area contributed by atoms with Gasteiger partial charge in [-0.15, -0.1) is 0 Å². The lowest BCUT2D eigenvalue weighted by Crippen LogP contribution is -2.29. The van der Waals surface area contributed by atoms with Crippen LogP contribution < -0.4 is 10.9 Å². The molecule has 2 aromatic carbocycles. The van der Waals surface area contributed by atoms with E-state index in [-0.39, 0.29) is 23.1 Å². The van der Waals surface area contributed by atoms with Crippen molar-refractivity contribution in [3.05, 3.63) is 87.6 Å². The fourth-order valence-corrected chi connectivity index (χ4v) is 3.03. The minimum absolute atomic E-state index is 0.0841. The lowest BCUT2D eigenvalue weighted by Gasteiger charge is -2.08. The van der Waals surface area contributed by atoms with Crippen molar-refractivity contribution in [2.24, 2.45) is 0 Å². The molecule has 1 amide bonds. The number of aromatic amines is 1. The highest BCUT2D eigenvalue weighted by atomic mass is 19.1. The maximum atomic E-state index is 13.3. The highest BCUT2D eigenvalue weighted by molar-refractivity contribution is 6.01. The molecule has 0 spiro atoms. The Morgan fingerprint density at radius 2 is 1.73 bits per heavy atom. The Kier molecular flexibility index (Phi) is 4.74. The zero-order chi connectivity index (χ0) is 21.4. The molecule has 0 bridgehead atoms. The van der Waals surface area contributed by atoms with Gasteiger partial charge < -0.3 is 15.4 Å². The molecule has 30 heavy (non-hydrogen) atoms. The second-order valence-electron chi connectivity index (χ2n) is 6.43. The van der Waals surface area contributed by atoms with Crippen LogP contribution in [0.15, 0.2) is 53.5 Å². The molecule has 2 aromatic heterocycles. The van der Waals surface area contributed by atoms with Crippen LogP contribution in [0.25, 0.3) is 16.7 Å². The average Bonchev–Trinajstić information content (AvgIpc) is 3.10. The smallest absolute Gasteiger partial charge is 0.266 e. The number of nitrogens with one attached hydrogen (secondary N) is 2. The molecule has 0 saturated heterocycles. The molecule has 2 heterocycles. The van der Waals surface area contributed by atoms with Crippen molar-refractivity contribution in [1.29, 1.82) is 0 Å². The molecule has 10 heteroatoms. The highest BCUT2D eigenvalue weighted by Gasteiger charge is 2.21. The Morgan fingerprint density at radius 1 is 1.07 bits per heavy atom. The van der Waals surface area contributed by atoms with Crippen molar-refractivity contribution in [2.75, 3.05) is 0 Å². The van der Waals surface area contributed by atoms with Gasteiger partial charge in [-0.2, -0.15) is 5.10 Å². The minimum Gasteiger partial charge on any atom is -0.506 e. The number of fused-ring (bicyclic) bond motifs is 1. The van der Waals surface area contributed by atoms with E-state index in [0.717, 1.165) is 12.1 Å². The van der Waals surface area contributed by atoms with Gasteiger partial charge >= 0.3 is 0 Å². The number of carbonyl (C=O) groups is 1. The molecule has 0 fully saturated rings. The molecule has 0 radical (unpaired) electrons. The molecule has 0 aliphatic rings. The summed E-state index contributed by atoms with van der Waals surface area (Å²) in [6.45, 7) is -0.265. The van der Waals surface area contributed by atoms with E-state index in [1.54, 1.807) is 0 Å². The number of rotatable bonds is 4. The summed E-state index contributed by atoms with van der Waals surface area (Å²) in [7, 11) is 0. The third-order valence-electron chi connectivity index (χ3n) is 4.39. The zero-order valence-electron chi connectivity index (χ0n) is 15.1. The van der Waals surface area contributed by atoms with E-state index in [0.29, 0.717) is 11.8 Å². The summed E-state index contributed by atoms with van der Waals surface area (Å²) in [6, 6.07) is 8.02. The molecule has 152 valence electrons. The Morgan fingerprint density at radius 3 is 2.40 bits per heavy atom. The topological polar surface area (TPSA) is 100 Å². The van der Waals surface area contributed by atoms with E-state index in [2.05, 4.69) is 15.4 Å². The molecule has 0 aliphatic carbocycles. The van der Waals surface area contributed by atoms with Gasteiger partial charge in [0.2, 0.25) is 0 Å². The van der Waals surface area contributed by atoms with Crippen LogP contribution >= 0.6 is 0 Å². The summed E-state index contributed by atoms with van der Waals surface area (Å²) in [5.41, 5.74) is -0.800. The fraction of sp³-hybridized carbons (Fsp3) is 0.0500. The van der Waals surface area contributed by atoms with E-state index < -0.39 is 40.2 Å². The van der Waals surface area contributed by atoms with Gasteiger partial charge in [-0.25, -0.2) is 17.9 Å². The van der Waals surface area contributed by atoms with Crippen molar-refractivity contribution in [3.8, 4) is 11.4 Å². The van der Waals surface area contributed by atoms with Gasteiger partial charge in [-0.1, -0.05) is 0 Å². The number of hydrogen-bond acceptors (Lipinski definition) is 4. The SMILES string of the molecule is O=C(NCc1cc(F)cc(F)c1)c1c(O)c2cnn(-c3ccc(F)cc3)c2[nH]c1=O. The first-order valence-electron chi connectivity index (χ1n) is 8.65. The quantitative estimate of drug-likeness (QED) is 0.478. The van der Waals surface area contributed by atoms with Crippen LogP contribution in [0, 0.1) is 17.5 Å². The molecule has 4 rings (SSSR count). The van der Waals surface area contributed by atoms with Crippen molar-refractivity contribution < 1.29 is 23.1 Å².